The van der Waals surface area contributed by atoms with Crippen molar-refractivity contribution in [3.05, 3.63) is 0 Å². The van der Waals surface area contributed by atoms with E-state index in [1.165, 1.54) is 19.5 Å². The van der Waals surface area contributed by atoms with Crippen LogP contribution in [0.1, 0.15) is 19.8 Å². The molecule has 0 aromatic heterocycles. The van der Waals surface area contributed by atoms with Gasteiger partial charge in [-0.25, -0.2) is 0 Å². The van der Waals surface area contributed by atoms with E-state index in [0.717, 1.165) is 24.9 Å². The molecule has 4 nitrogen and oxygen atoms in total. The summed E-state index contributed by atoms with van der Waals surface area (Å²) in [4.78, 5) is 2.50. The van der Waals surface area contributed by atoms with E-state index in [1.807, 2.05) is 0 Å². The van der Waals surface area contributed by atoms with E-state index in [0.29, 0.717) is 0 Å². The average molecular weight is 247 g/mol. The Bertz CT molecular complexity index is 191. The van der Waals surface area contributed by atoms with Gasteiger partial charge in [0.25, 0.3) is 0 Å². The Morgan fingerprint density at radius 3 is 2.25 bits per heavy atom. The molecule has 5 heteroatoms. The van der Waals surface area contributed by atoms with Crippen LogP contribution in [0.3, 0.4) is 0 Å². The van der Waals surface area contributed by atoms with Crippen molar-refractivity contribution in [3.63, 3.8) is 0 Å². The summed E-state index contributed by atoms with van der Waals surface area (Å²) < 4.78 is 16.3. The Balaban J connectivity index is 2.33. The lowest BCUT2D eigenvalue weighted by molar-refractivity contribution is 0.121. The van der Waals surface area contributed by atoms with E-state index < -0.39 is 8.80 Å². The van der Waals surface area contributed by atoms with E-state index in [4.69, 9.17) is 13.3 Å². The molecule has 0 bridgehead atoms. The van der Waals surface area contributed by atoms with Gasteiger partial charge in [0.05, 0.1) is 0 Å². The smallest absolute Gasteiger partial charge is 0.377 e. The SMILES string of the molecule is CCN1CCC(CC[Si](OC)(OC)OC)C1. The van der Waals surface area contributed by atoms with Crippen molar-refractivity contribution >= 4 is 8.80 Å². The highest BCUT2D eigenvalue weighted by Crippen LogP contribution is 2.25. The molecule has 0 aliphatic carbocycles. The molecule has 1 atom stereocenters. The van der Waals surface area contributed by atoms with Gasteiger partial charge in [-0.15, -0.1) is 0 Å². The molecule has 0 radical (unpaired) electrons. The second-order valence-corrected chi connectivity index (χ2v) is 7.47. The van der Waals surface area contributed by atoms with Gasteiger partial charge in [0, 0.05) is 33.9 Å². The van der Waals surface area contributed by atoms with Gasteiger partial charge in [0.1, 0.15) is 0 Å². The standard InChI is InChI=1S/C11H25NO3Si/c1-5-12-8-6-11(10-12)7-9-16(13-2,14-3)15-4/h11H,5-10H2,1-4H3. The number of nitrogens with zero attached hydrogens (tertiary/aromatic N) is 1. The summed E-state index contributed by atoms with van der Waals surface area (Å²) >= 11 is 0. The highest BCUT2D eigenvalue weighted by atomic mass is 28.4. The van der Waals surface area contributed by atoms with Crippen molar-refractivity contribution in [3.8, 4) is 0 Å². The minimum atomic E-state index is -2.34. The Kier molecular flexibility index (Phi) is 5.92. The molecule has 96 valence electrons. The third-order valence-corrected chi connectivity index (χ3v) is 6.38. The molecule has 0 N–H and O–H groups in total. The van der Waals surface area contributed by atoms with Crippen LogP contribution in [0, 0.1) is 5.92 Å². The second-order valence-electron chi connectivity index (χ2n) is 4.38. The van der Waals surface area contributed by atoms with Crippen LogP contribution in [-0.4, -0.2) is 54.7 Å². The van der Waals surface area contributed by atoms with Crippen LogP contribution in [-0.2, 0) is 13.3 Å². The van der Waals surface area contributed by atoms with E-state index in [1.54, 1.807) is 21.3 Å². The fourth-order valence-corrected chi connectivity index (χ4v) is 4.25. The topological polar surface area (TPSA) is 30.9 Å². The number of rotatable bonds is 7. The average Bonchev–Trinajstić information content (AvgIpc) is 2.80. The molecule has 0 aromatic rings. The highest BCUT2D eigenvalue weighted by molar-refractivity contribution is 6.60. The number of hydrogen-bond donors (Lipinski definition) is 0. The molecule has 1 saturated heterocycles. The molecule has 0 amide bonds. The Hall–Kier alpha value is 0.0569. The molecular formula is C11H25NO3Si. The Labute approximate surface area is 100 Å². The molecule has 0 spiro atoms. The minimum absolute atomic E-state index is 0.785. The van der Waals surface area contributed by atoms with Gasteiger partial charge in [0.2, 0.25) is 0 Å². The predicted octanol–water partition coefficient (Wildman–Crippen LogP) is 1.60. The van der Waals surface area contributed by atoms with Crippen LogP contribution in [0.15, 0.2) is 0 Å². The lowest BCUT2D eigenvalue weighted by Gasteiger charge is -2.25. The van der Waals surface area contributed by atoms with Crippen LogP contribution >= 0.6 is 0 Å². The second kappa shape index (κ2) is 6.71. The molecule has 1 aliphatic rings. The van der Waals surface area contributed by atoms with Crippen molar-refractivity contribution in [2.45, 2.75) is 25.8 Å². The quantitative estimate of drug-likeness (QED) is 0.639. The lowest BCUT2D eigenvalue weighted by atomic mass is 10.1. The Morgan fingerprint density at radius 1 is 1.19 bits per heavy atom. The van der Waals surface area contributed by atoms with Crippen LogP contribution in [0.2, 0.25) is 6.04 Å². The van der Waals surface area contributed by atoms with E-state index in [-0.39, 0.29) is 0 Å². The van der Waals surface area contributed by atoms with Crippen molar-refractivity contribution in [1.29, 1.82) is 0 Å². The summed E-state index contributed by atoms with van der Waals surface area (Å²) in [6.45, 7) is 5.85. The van der Waals surface area contributed by atoms with Gasteiger partial charge in [-0.3, -0.25) is 0 Å². The first-order chi connectivity index (χ1) is 7.69. The first-order valence-corrected chi connectivity index (χ1v) is 8.00. The van der Waals surface area contributed by atoms with Gasteiger partial charge in [-0.2, -0.15) is 0 Å². The van der Waals surface area contributed by atoms with Crippen molar-refractivity contribution in [2.24, 2.45) is 5.92 Å². The van der Waals surface area contributed by atoms with E-state index >= 15 is 0 Å². The van der Waals surface area contributed by atoms with E-state index in [2.05, 4.69) is 11.8 Å². The maximum Gasteiger partial charge on any atom is 0.500 e. The fourth-order valence-electron chi connectivity index (χ4n) is 2.37. The maximum absolute atomic E-state index is 5.43. The van der Waals surface area contributed by atoms with Gasteiger partial charge < -0.3 is 18.2 Å². The fraction of sp³-hybridized carbons (Fsp3) is 1.00. The van der Waals surface area contributed by atoms with Crippen LogP contribution in [0.4, 0.5) is 0 Å². The highest BCUT2D eigenvalue weighted by Gasteiger charge is 2.38. The zero-order chi connectivity index (χ0) is 12.0. The van der Waals surface area contributed by atoms with Crippen LogP contribution < -0.4 is 0 Å². The van der Waals surface area contributed by atoms with Crippen molar-refractivity contribution in [1.82, 2.24) is 4.90 Å². The molecule has 1 fully saturated rings. The number of hydrogen-bond acceptors (Lipinski definition) is 4. The maximum atomic E-state index is 5.43. The zero-order valence-electron chi connectivity index (χ0n) is 11.0. The lowest BCUT2D eigenvalue weighted by Crippen LogP contribution is -2.43. The third kappa shape index (κ3) is 3.53. The summed E-state index contributed by atoms with van der Waals surface area (Å²) in [7, 11) is 2.72. The van der Waals surface area contributed by atoms with Crippen molar-refractivity contribution in [2.75, 3.05) is 41.0 Å². The van der Waals surface area contributed by atoms with Gasteiger partial charge in [-0.1, -0.05) is 6.92 Å². The predicted molar refractivity (Wildman–Crippen MR) is 66.4 cm³/mol. The first-order valence-electron chi connectivity index (χ1n) is 6.07. The Morgan fingerprint density at radius 2 is 1.81 bits per heavy atom. The molecular weight excluding hydrogens is 222 g/mol. The summed E-state index contributed by atoms with van der Waals surface area (Å²) in [6.07, 6.45) is 2.45. The molecule has 1 aliphatic heterocycles. The van der Waals surface area contributed by atoms with Crippen LogP contribution in [0.25, 0.3) is 0 Å². The molecule has 0 aromatic carbocycles. The summed E-state index contributed by atoms with van der Waals surface area (Å²) in [6, 6.07) is 0.929. The molecule has 1 rings (SSSR count). The largest absolute Gasteiger partial charge is 0.500 e. The zero-order valence-corrected chi connectivity index (χ0v) is 12.0. The number of likely N-dealkylation sites (tertiary alicyclic amines) is 1. The summed E-state index contributed by atoms with van der Waals surface area (Å²) in [5.41, 5.74) is 0. The van der Waals surface area contributed by atoms with Gasteiger partial charge >= 0.3 is 8.80 Å². The minimum Gasteiger partial charge on any atom is -0.377 e. The summed E-state index contributed by atoms with van der Waals surface area (Å²) in [5.74, 6) is 0.785. The molecule has 0 saturated carbocycles. The van der Waals surface area contributed by atoms with Crippen LogP contribution in [0.5, 0.6) is 0 Å². The normalized spacial score (nSPS) is 22.9. The third-order valence-electron chi connectivity index (χ3n) is 3.61. The monoisotopic (exact) mass is 247 g/mol. The summed E-state index contributed by atoms with van der Waals surface area (Å²) in [5, 5.41) is 0. The first kappa shape index (κ1) is 14.1. The van der Waals surface area contributed by atoms with Crippen molar-refractivity contribution < 1.29 is 13.3 Å². The van der Waals surface area contributed by atoms with Gasteiger partial charge in [-0.05, 0) is 31.8 Å². The molecule has 1 unspecified atom stereocenters. The van der Waals surface area contributed by atoms with E-state index in [9.17, 15) is 0 Å². The molecule has 16 heavy (non-hydrogen) atoms. The molecule has 1 heterocycles. The van der Waals surface area contributed by atoms with Gasteiger partial charge in [0.15, 0.2) is 0 Å².